The van der Waals surface area contributed by atoms with E-state index in [9.17, 15) is 0 Å². The van der Waals surface area contributed by atoms with Gasteiger partial charge in [0, 0.05) is 16.6 Å². The van der Waals surface area contributed by atoms with E-state index in [-0.39, 0.29) is 0 Å². The molecule has 1 heterocycles. The van der Waals surface area contributed by atoms with Gasteiger partial charge in [-0.1, -0.05) is 11.6 Å². The van der Waals surface area contributed by atoms with E-state index < -0.39 is 0 Å². The van der Waals surface area contributed by atoms with Crippen molar-refractivity contribution < 1.29 is 9.32 Å². The minimum atomic E-state index is 0.470. The SMILES string of the molecule is C[NH+](C)CCNC(=S)N(Cc1nnc(-c2ccc(Cl)cc2)o1)C1CC1. The molecule has 134 valence electrons. The molecule has 0 bridgehead atoms. The smallest absolute Gasteiger partial charge is 0.247 e. The fraction of sp³-hybridized carbons (Fsp3) is 0.471. The van der Waals surface area contributed by atoms with Crippen LogP contribution in [0.5, 0.6) is 0 Å². The van der Waals surface area contributed by atoms with Crippen LogP contribution in [0.4, 0.5) is 0 Å². The third-order valence-electron chi connectivity index (χ3n) is 4.01. The highest BCUT2D eigenvalue weighted by Crippen LogP contribution is 2.29. The number of hydrogen-bond donors (Lipinski definition) is 2. The quantitative estimate of drug-likeness (QED) is 0.708. The van der Waals surface area contributed by atoms with E-state index >= 15 is 0 Å². The van der Waals surface area contributed by atoms with Crippen LogP contribution in [0.15, 0.2) is 28.7 Å². The van der Waals surface area contributed by atoms with E-state index in [2.05, 4.69) is 34.5 Å². The Hall–Kier alpha value is -1.70. The zero-order valence-corrected chi connectivity index (χ0v) is 16.0. The summed E-state index contributed by atoms with van der Waals surface area (Å²) in [5.41, 5.74) is 0.857. The summed E-state index contributed by atoms with van der Waals surface area (Å²) < 4.78 is 5.81. The molecule has 0 spiro atoms. The standard InChI is InChI=1S/C17H22ClN5OS/c1-22(2)10-9-19-17(25)23(14-7-8-14)11-15-20-21-16(24-15)12-3-5-13(18)6-4-12/h3-6,14H,7-11H2,1-2H3,(H,19,25)/p+1. The maximum atomic E-state index is 5.91. The summed E-state index contributed by atoms with van der Waals surface area (Å²) in [7, 11) is 4.25. The van der Waals surface area contributed by atoms with Gasteiger partial charge in [0.2, 0.25) is 11.8 Å². The second kappa shape index (κ2) is 8.12. The van der Waals surface area contributed by atoms with Crippen LogP contribution in [0.2, 0.25) is 5.02 Å². The molecule has 0 radical (unpaired) electrons. The number of quaternary nitrogens is 1. The average molecular weight is 381 g/mol. The zero-order valence-electron chi connectivity index (χ0n) is 14.5. The van der Waals surface area contributed by atoms with E-state index in [1.54, 1.807) is 0 Å². The van der Waals surface area contributed by atoms with Gasteiger partial charge in [-0.15, -0.1) is 10.2 Å². The van der Waals surface area contributed by atoms with Crippen LogP contribution in [0, 0.1) is 0 Å². The van der Waals surface area contributed by atoms with Gasteiger partial charge in [0.05, 0.1) is 33.7 Å². The van der Waals surface area contributed by atoms with E-state index in [0.717, 1.165) is 36.6 Å². The Morgan fingerprint density at radius 3 is 2.68 bits per heavy atom. The van der Waals surface area contributed by atoms with Crippen LogP contribution in [0.1, 0.15) is 18.7 Å². The highest BCUT2D eigenvalue weighted by atomic mass is 35.5. The molecule has 8 heteroatoms. The topological polar surface area (TPSA) is 58.6 Å². The number of rotatable bonds is 7. The van der Waals surface area contributed by atoms with Crippen LogP contribution in [0.25, 0.3) is 11.5 Å². The van der Waals surface area contributed by atoms with Gasteiger partial charge in [-0.2, -0.15) is 0 Å². The van der Waals surface area contributed by atoms with Crippen LogP contribution in [0.3, 0.4) is 0 Å². The molecule has 1 saturated carbocycles. The van der Waals surface area contributed by atoms with Crippen molar-refractivity contribution >= 4 is 28.9 Å². The Kier molecular flexibility index (Phi) is 5.88. The zero-order chi connectivity index (χ0) is 17.8. The number of hydrogen-bond acceptors (Lipinski definition) is 4. The molecule has 1 aliphatic carbocycles. The van der Waals surface area contributed by atoms with Gasteiger partial charge in [-0.3, -0.25) is 0 Å². The highest BCUT2D eigenvalue weighted by Gasteiger charge is 2.32. The predicted molar refractivity (Wildman–Crippen MR) is 102 cm³/mol. The monoisotopic (exact) mass is 380 g/mol. The van der Waals surface area contributed by atoms with Crippen molar-refractivity contribution in [2.24, 2.45) is 0 Å². The number of thiocarbonyl (C=S) groups is 1. The second-order valence-corrected chi connectivity index (χ2v) is 7.38. The lowest BCUT2D eigenvalue weighted by molar-refractivity contribution is -0.856. The average Bonchev–Trinajstić information content (AvgIpc) is 3.31. The molecule has 0 atom stereocenters. The number of aromatic nitrogens is 2. The number of nitrogens with zero attached hydrogens (tertiary/aromatic N) is 3. The summed E-state index contributed by atoms with van der Waals surface area (Å²) >= 11 is 11.5. The molecule has 1 aromatic heterocycles. The van der Waals surface area contributed by atoms with Crippen molar-refractivity contribution in [2.45, 2.75) is 25.4 Å². The Morgan fingerprint density at radius 2 is 2.04 bits per heavy atom. The van der Waals surface area contributed by atoms with E-state index in [0.29, 0.717) is 29.4 Å². The van der Waals surface area contributed by atoms with E-state index in [1.165, 1.54) is 4.90 Å². The largest absolute Gasteiger partial charge is 0.419 e. The van der Waals surface area contributed by atoms with Crippen molar-refractivity contribution in [3.8, 4) is 11.5 Å². The summed E-state index contributed by atoms with van der Waals surface area (Å²) in [5.74, 6) is 1.07. The van der Waals surface area contributed by atoms with Gasteiger partial charge < -0.3 is 19.5 Å². The fourth-order valence-corrected chi connectivity index (χ4v) is 2.89. The van der Waals surface area contributed by atoms with Gasteiger partial charge in [0.25, 0.3) is 0 Å². The lowest BCUT2D eigenvalue weighted by atomic mass is 10.2. The van der Waals surface area contributed by atoms with E-state index in [4.69, 9.17) is 28.2 Å². The number of likely N-dealkylation sites (N-methyl/N-ethyl adjacent to an activating group) is 1. The first-order valence-electron chi connectivity index (χ1n) is 8.45. The lowest BCUT2D eigenvalue weighted by Gasteiger charge is -2.24. The van der Waals surface area contributed by atoms with Gasteiger partial charge in [-0.25, -0.2) is 0 Å². The van der Waals surface area contributed by atoms with Gasteiger partial charge in [0.15, 0.2) is 5.11 Å². The first-order chi connectivity index (χ1) is 12.0. The van der Waals surface area contributed by atoms with Crippen molar-refractivity contribution in [3.05, 3.63) is 35.2 Å². The molecule has 2 N–H and O–H groups in total. The predicted octanol–water partition coefficient (Wildman–Crippen LogP) is 1.37. The van der Waals surface area contributed by atoms with Crippen molar-refractivity contribution in [1.29, 1.82) is 0 Å². The maximum Gasteiger partial charge on any atom is 0.247 e. The first-order valence-corrected chi connectivity index (χ1v) is 9.23. The Bertz CT molecular complexity index is 714. The van der Waals surface area contributed by atoms with Crippen LogP contribution in [-0.4, -0.2) is 53.4 Å². The molecule has 3 rings (SSSR count). The molecule has 2 aromatic rings. The molecule has 0 aliphatic heterocycles. The normalized spacial score (nSPS) is 13.9. The third kappa shape index (κ3) is 5.14. The van der Waals surface area contributed by atoms with Crippen molar-refractivity contribution in [2.75, 3.05) is 27.2 Å². The minimum absolute atomic E-state index is 0.470. The van der Waals surface area contributed by atoms with Gasteiger partial charge in [0.1, 0.15) is 0 Å². The molecule has 0 unspecified atom stereocenters. The Morgan fingerprint density at radius 1 is 1.32 bits per heavy atom. The third-order valence-corrected chi connectivity index (χ3v) is 4.64. The van der Waals surface area contributed by atoms with E-state index in [1.807, 2.05) is 24.3 Å². The highest BCUT2D eigenvalue weighted by molar-refractivity contribution is 7.80. The molecule has 1 aliphatic rings. The molecule has 0 amide bonds. The van der Waals surface area contributed by atoms with Gasteiger partial charge >= 0.3 is 0 Å². The minimum Gasteiger partial charge on any atom is -0.419 e. The number of halogens is 1. The second-order valence-electron chi connectivity index (χ2n) is 6.56. The summed E-state index contributed by atoms with van der Waals surface area (Å²) in [6, 6.07) is 7.83. The summed E-state index contributed by atoms with van der Waals surface area (Å²) in [6.45, 7) is 2.40. The fourth-order valence-electron chi connectivity index (χ4n) is 2.45. The Labute approximate surface area is 158 Å². The first kappa shape index (κ1) is 18.1. The van der Waals surface area contributed by atoms with Gasteiger partial charge in [-0.05, 0) is 49.3 Å². The number of nitrogens with one attached hydrogen (secondary N) is 2. The molecular weight excluding hydrogens is 358 g/mol. The molecule has 1 fully saturated rings. The van der Waals surface area contributed by atoms with Crippen LogP contribution in [-0.2, 0) is 6.54 Å². The number of benzene rings is 1. The van der Waals surface area contributed by atoms with Crippen LogP contribution < -0.4 is 10.2 Å². The molecule has 0 saturated heterocycles. The summed E-state index contributed by atoms with van der Waals surface area (Å²) in [4.78, 5) is 3.54. The summed E-state index contributed by atoms with van der Waals surface area (Å²) in [6.07, 6.45) is 2.30. The molecular formula is C17H23ClN5OS+. The van der Waals surface area contributed by atoms with Crippen molar-refractivity contribution in [1.82, 2.24) is 20.4 Å². The lowest BCUT2D eigenvalue weighted by Crippen LogP contribution is -3.06. The molecule has 6 nitrogen and oxygen atoms in total. The Balaban J connectivity index is 1.63. The molecule has 1 aromatic carbocycles. The van der Waals surface area contributed by atoms with Crippen LogP contribution >= 0.6 is 23.8 Å². The summed E-state index contributed by atoms with van der Waals surface area (Å²) in [5, 5.41) is 13.1. The van der Waals surface area contributed by atoms with Crippen molar-refractivity contribution in [3.63, 3.8) is 0 Å². The maximum absolute atomic E-state index is 5.91. The molecule has 25 heavy (non-hydrogen) atoms.